The molecule has 0 radical (unpaired) electrons. The lowest BCUT2D eigenvalue weighted by Gasteiger charge is -2.50. The standard InChI is InChI=1S/C21H27N3O.2ClH/c1-23-17-20(19-10-6-3-7-11-19)25-21(22-23)12-14-24(15-13-21)16-18-8-4-2-5-9-18;;/h2-11,20,22H,12-17H2,1H3;2*1H. The SMILES string of the molecule is CN1CC(c2ccccc2)OC2(CCN(Cc3ccccc3)CC2)N1.Cl.Cl. The molecule has 1 N–H and O–H groups in total. The fraction of sp³-hybridized carbons (Fsp3) is 0.429. The second-order valence-electron chi connectivity index (χ2n) is 7.27. The minimum absolute atomic E-state index is 0. The summed E-state index contributed by atoms with van der Waals surface area (Å²) in [5, 5.41) is 2.20. The van der Waals surface area contributed by atoms with Crippen molar-refractivity contribution in [3.63, 3.8) is 0 Å². The van der Waals surface area contributed by atoms with Gasteiger partial charge in [0.25, 0.3) is 0 Å². The van der Waals surface area contributed by atoms with E-state index >= 15 is 0 Å². The minimum atomic E-state index is -0.235. The molecule has 2 aliphatic rings. The van der Waals surface area contributed by atoms with E-state index in [1.165, 1.54) is 11.1 Å². The van der Waals surface area contributed by atoms with Crippen molar-refractivity contribution < 1.29 is 4.74 Å². The zero-order valence-corrected chi connectivity index (χ0v) is 17.3. The molecule has 4 nitrogen and oxygen atoms in total. The monoisotopic (exact) mass is 409 g/mol. The quantitative estimate of drug-likeness (QED) is 0.827. The number of piperidine rings is 1. The molecule has 0 amide bonds. The van der Waals surface area contributed by atoms with Crippen LogP contribution in [0.4, 0.5) is 0 Å². The summed E-state index contributed by atoms with van der Waals surface area (Å²) in [6, 6.07) is 21.3. The van der Waals surface area contributed by atoms with Crippen molar-refractivity contribution in [1.29, 1.82) is 0 Å². The predicted molar refractivity (Wildman–Crippen MR) is 114 cm³/mol. The van der Waals surface area contributed by atoms with Crippen LogP contribution in [-0.4, -0.2) is 42.3 Å². The van der Waals surface area contributed by atoms with Crippen LogP contribution in [0.15, 0.2) is 60.7 Å². The topological polar surface area (TPSA) is 27.7 Å². The molecule has 0 aromatic heterocycles. The molecule has 6 heteroatoms. The number of likely N-dealkylation sites (tertiary alicyclic amines) is 1. The Morgan fingerprint density at radius 2 is 1.56 bits per heavy atom. The number of benzene rings is 2. The number of hydrazine groups is 1. The Morgan fingerprint density at radius 3 is 2.19 bits per heavy atom. The lowest BCUT2D eigenvalue weighted by atomic mass is 9.97. The molecule has 0 saturated carbocycles. The second-order valence-corrected chi connectivity index (χ2v) is 7.27. The van der Waals surface area contributed by atoms with Gasteiger partial charge in [-0.05, 0) is 11.1 Å². The average molecular weight is 410 g/mol. The van der Waals surface area contributed by atoms with E-state index in [2.05, 4.69) is 83.0 Å². The summed E-state index contributed by atoms with van der Waals surface area (Å²) in [6.07, 6.45) is 2.15. The van der Waals surface area contributed by atoms with Gasteiger partial charge in [0.2, 0.25) is 0 Å². The largest absolute Gasteiger partial charge is 0.350 e. The summed E-state index contributed by atoms with van der Waals surface area (Å²) < 4.78 is 6.59. The number of hydrogen-bond donors (Lipinski definition) is 1. The predicted octanol–water partition coefficient (Wildman–Crippen LogP) is 4.03. The number of ether oxygens (including phenoxy) is 1. The van der Waals surface area contributed by atoms with E-state index in [1.54, 1.807) is 0 Å². The Hall–Kier alpha value is -1.14. The first-order valence-corrected chi connectivity index (χ1v) is 9.20. The zero-order valence-electron chi connectivity index (χ0n) is 15.7. The Morgan fingerprint density at radius 1 is 0.963 bits per heavy atom. The third-order valence-corrected chi connectivity index (χ3v) is 5.29. The van der Waals surface area contributed by atoms with Gasteiger partial charge >= 0.3 is 0 Å². The third-order valence-electron chi connectivity index (χ3n) is 5.29. The first kappa shape index (κ1) is 22.2. The molecule has 148 valence electrons. The molecule has 2 aromatic rings. The highest BCUT2D eigenvalue weighted by molar-refractivity contribution is 5.85. The molecule has 27 heavy (non-hydrogen) atoms. The number of rotatable bonds is 3. The van der Waals surface area contributed by atoms with E-state index < -0.39 is 0 Å². The first-order valence-electron chi connectivity index (χ1n) is 9.20. The van der Waals surface area contributed by atoms with E-state index in [9.17, 15) is 0 Å². The average Bonchev–Trinajstić information content (AvgIpc) is 2.65. The van der Waals surface area contributed by atoms with Crippen LogP contribution < -0.4 is 5.43 Å². The first-order chi connectivity index (χ1) is 12.2. The molecular weight excluding hydrogens is 381 g/mol. The van der Waals surface area contributed by atoms with Crippen molar-refractivity contribution in [3.05, 3.63) is 71.8 Å². The molecule has 1 spiro atoms. The fourth-order valence-corrected chi connectivity index (χ4v) is 3.96. The van der Waals surface area contributed by atoms with E-state index in [0.717, 1.165) is 39.0 Å². The van der Waals surface area contributed by atoms with Crippen molar-refractivity contribution in [2.24, 2.45) is 0 Å². The Kier molecular flexibility index (Phi) is 8.10. The maximum absolute atomic E-state index is 6.59. The summed E-state index contributed by atoms with van der Waals surface area (Å²) in [6.45, 7) is 4.00. The van der Waals surface area contributed by atoms with E-state index in [4.69, 9.17) is 4.74 Å². The molecule has 2 aromatic carbocycles. The molecule has 2 aliphatic heterocycles. The fourth-order valence-electron chi connectivity index (χ4n) is 3.96. The molecule has 2 fully saturated rings. The summed E-state index contributed by atoms with van der Waals surface area (Å²) in [5.41, 5.74) is 6.02. The van der Waals surface area contributed by atoms with Crippen LogP contribution >= 0.6 is 24.8 Å². The molecule has 1 unspecified atom stereocenters. The van der Waals surface area contributed by atoms with Crippen molar-refractivity contribution in [2.45, 2.75) is 31.2 Å². The van der Waals surface area contributed by atoms with Crippen molar-refractivity contribution in [3.8, 4) is 0 Å². The summed E-state index contributed by atoms with van der Waals surface area (Å²) in [7, 11) is 2.12. The van der Waals surface area contributed by atoms with Crippen LogP contribution in [0.25, 0.3) is 0 Å². The van der Waals surface area contributed by atoms with Crippen LogP contribution in [-0.2, 0) is 11.3 Å². The minimum Gasteiger partial charge on any atom is -0.350 e. The third kappa shape index (κ3) is 5.44. The zero-order chi connectivity index (χ0) is 17.1. The van der Waals surface area contributed by atoms with Crippen LogP contribution in [0.3, 0.4) is 0 Å². The van der Waals surface area contributed by atoms with E-state index in [1.807, 2.05) is 0 Å². The lowest BCUT2D eigenvalue weighted by Crippen LogP contribution is -2.64. The molecule has 4 rings (SSSR count). The van der Waals surface area contributed by atoms with Crippen LogP contribution in [0.1, 0.15) is 30.1 Å². The molecular formula is C21H29Cl2N3O. The Labute approximate surface area is 174 Å². The number of likely N-dealkylation sites (N-methyl/N-ethyl adjacent to an activating group) is 1. The number of halogens is 2. The maximum Gasteiger partial charge on any atom is 0.134 e. The highest BCUT2D eigenvalue weighted by Crippen LogP contribution is 2.34. The van der Waals surface area contributed by atoms with Crippen LogP contribution in [0.2, 0.25) is 0 Å². The second kappa shape index (κ2) is 9.87. The lowest BCUT2D eigenvalue weighted by molar-refractivity contribution is -0.217. The van der Waals surface area contributed by atoms with Gasteiger partial charge in [0.1, 0.15) is 5.72 Å². The van der Waals surface area contributed by atoms with Crippen molar-refractivity contribution in [1.82, 2.24) is 15.3 Å². The van der Waals surface area contributed by atoms with Gasteiger partial charge in [-0.2, -0.15) is 0 Å². The van der Waals surface area contributed by atoms with E-state index in [-0.39, 0.29) is 36.6 Å². The number of nitrogens with one attached hydrogen (secondary N) is 1. The molecule has 0 aliphatic carbocycles. The number of hydrogen-bond acceptors (Lipinski definition) is 4. The maximum atomic E-state index is 6.59. The molecule has 1 atom stereocenters. The van der Waals surface area contributed by atoms with Gasteiger partial charge < -0.3 is 4.74 Å². The van der Waals surface area contributed by atoms with Crippen LogP contribution in [0, 0.1) is 0 Å². The molecule has 2 heterocycles. The highest BCUT2D eigenvalue weighted by atomic mass is 35.5. The van der Waals surface area contributed by atoms with Gasteiger partial charge in [0.15, 0.2) is 0 Å². The molecule has 2 saturated heterocycles. The van der Waals surface area contributed by atoms with Crippen molar-refractivity contribution >= 4 is 24.8 Å². The van der Waals surface area contributed by atoms with Gasteiger partial charge in [0.05, 0.1) is 6.10 Å². The van der Waals surface area contributed by atoms with Gasteiger partial charge in [-0.1, -0.05) is 60.7 Å². The normalized spacial score (nSPS) is 22.6. The number of nitrogens with zero attached hydrogens (tertiary/aromatic N) is 2. The molecule has 0 bridgehead atoms. The summed E-state index contributed by atoms with van der Waals surface area (Å²) in [4.78, 5) is 2.53. The van der Waals surface area contributed by atoms with Crippen molar-refractivity contribution in [2.75, 3.05) is 26.7 Å². The van der Waals surface area contributed by atoms with Gasteiger partial charge in [-0.3, -0.25) is 4.90 Å². The Bertz CT molecular complexity index is 678. The van der Waals surface area contributed by atoms with E-state index in [0.29, 0.717) is 0 Å². The highest BCUT2D eigenvalue weighted by Gasteiger charge is 2.42. The summed E-state index contributed by atoms with van der Waals surface area (Å²) >= 11 is 0. The Balaban J connectivity index is 0.00000131. The van der Waals surface area contributed by atoms with Gasteiger partial charge in [0, 0.05) is 46.1 Å². The van der Waals surface area contributed by atoms with Gasteiger partial charge in [-0.25, -0.2) is 10.4 Å². The smallest absolute Gasteiger partial charge is 0.134 e. The van der Waals surface area contributed by atoms with Gasteiger partial charge in [-0.15, -0.1) is 24.8 Å². The summed E-state index contributed by atoms with van der Waals surface area (Å²) in [5.74, 6) is 0. The van der Waals surface area contributed by atoms with Crippen LogP contribution in [0.5, 0.6) is 0 Å².